The normalized spacial score (nSPS) is 11.9. The topological polar surface area (TPSA) is 42.0 Å². The third-order valence-electron chi connectivity index (χ3n) is 3.98. The first-order valence-electron chi connectivity index (χ1n) is 8.08. The molecule has 1 amide bonds. The monoisotopic (exact) mass is 336 g/mol. The number of nitrogens with zero attached hydrogens (tertiary/aromatic N) is 1. The van der Waals surface area contributed by atoms with Crippen LogP contribution in [-0.2, 0) is 0 Å². The van der Waals surface area contributed by atoms with Crippen LogP contribution in [0.1, 0.15) is 34.5 Å². The largest absolute Gasteiger partial charge is 0.351 e. The van der Waals surface area contributed by atoms with E-state index in [-0.39, 0.29) is 5.91 Å². The van der Waals surface area contributed by atoms with Crippen LogP contribution in [0.2, 0.25) is 0 Å². The summed E-state index contributed by atoms with van der Waals surface area (Å²) in [5.74, 6) is 0.378. The second-order valence-corrected chi connectivity index (χ2v) is 6.78. The van der Waals surface area contributed by atoms with Crippen molar-refractivity contribution in [3.63, 3.8) is 0 Å². The van der Waals surface area contributed by atoms with Crippen molar-refractivity contribution in [1.29, 1.82) is 0 Å². The molecule has 1 aromatic heterocycles. The molecule has 1 unspecified atom stereocenters. The van der Waals surface area contributed by atoms with Gasteiger partial charge in [0.05, 0.1) is 6.20 Å². The standard InChI is InChI=1S/C20H20N2OS/c1-15(16-8-4-2-5-9-16)12-13-21-19(23)18-14-22-20(24-18)17-10-6-3-7-11-17/h2-11,14-15H,12-13H2,1H3,(H,21,23). The van der Waals surface area contributed by atoms with Crippen LogP contribution in [0.5, 0.6) is 0 Å². The number of carbonyl (C=O) groups excluding carboxylic acids is 1. The molecule has 0 aliphatic rings. The van der Waals surface area contributed by atoms with E-state index >= 15 is 0 Å². The van der Waals surface area contributed by atoms with Gasteiger partial charge in [-0.1, -0.05) is 67.6 Å². The highest BCUT2D eigenvalue weighted by Gasteiger charge is 2.12. The van der Waals surface area contributed by atoms with Gasteiger partial charge in [0.1, 0.15) is 9.88 Å². The summed E-state index contributed by atoms with van der Waals surface area (Å²) in [6, 6.07) is 20.3. The van der Waals surface area contributed by atoms with Crippen LogP contribution in [0.4, 0.5) is 0 Å². The van der Waals surface area contributed by atoms with Gasteiger partial charge in [-0.2, -0.15) is 0 Å². The summed E-state index contributed by atoms with van der Waals surface area (Å²) in [4.78, 5) is 17.3. The highest BCUT2D eigenvalue weighted by atomic mass is 32.1. The average Bonchev–Trinajstić information content (AvgIpc) is 3.13. The van der Waals surface area contributed by atoms with Gasteiger partial charge in [0, 0.05) is 12.1 Å². The molecule has 3 nitrogen and oxygen atoms in total. The molecular weight excluding hydrogens is 316 g/mol. The Morgan fingerprint density at radius 1 is 1.08 bits per heavy atom. The highest BCUT2D eigenvalue weighted by Crippen LogP contribution is 2.24. The first kappa shape index (κ1) is 16.4. The maximum Gasteiger partial charge on any atom is 0.263 e. The lowest BCUT2D eigenvalue weighted by Crippen LogP contribution is -2.24. The molecule has 0 saturated carbocycles. The second-order valence-electron chi connectivity index (χ2n) is 5.75. The Morgan fingerprint density at radius 3 is 2.46 bits per heavy atom. The molecule has 1 atom stereocenters. The fourth-order valence-corrected chi connectivity index (χ4v) is 3.37. The van der Waals surface area contributed by atoms with E-state index in [4.69, 9.17) is 0 Å². The molecule has 0 saturated heterocycles. The molecule has 1 heterocycles. The number of benzene rings is 2. The van der Waals surface area contributed by atoms with Gasteiger partial charge in [-0.15, -0.1) is 11.3 Å². The summed E-state index contributed by atoms with van der Waals surface area (Å²) in [6.45, 7) is 2.84. The van der Waals surface area contributed by atoms with E-state index in [1.54, 1.807) is 6.20 Å². The zero-order valence-electron chi connectivity index (χ0n) is 13.6. The minimum absolute atomic E-state index is 0.0463. The van der Waals surface area contributed by atoms with Gasteiger partial charge >= 0.3 is 0 Å². The Balaban J connectivity index is 1.53. The van der Waals surface area contributed by atoms with E-state index in [1.165, 1.54) is 16.9 Å². The second kappa shape index (κ2) is 7.88. The molecule has 4 heteroatoms. The number of nitrogens with one attached hydrogen (secondary N) is 1. The van der Waals surface area contributed by atoms with Gasteiger partial charge in [0.25, 0.3) is 5.91 Å². The van der Waals surface area contributed by atoms with Gasteiger partial charge in [-0.3, -0.25) is 4.79 Å². The molecule has 0 radical (unpaired) electrons. The number of amides is 1. The van der Waals surface area contributed by atoms with Crippen molar-refractivity contribution in [2.45, 2.75) is 19.3 Å². The molecule has 1 N–H and O–H groups in total. The predicted molar refractivity (Wildman–Crippen MR) is 99.4 cm³/mol. The van der Waals surface area contributed by atoms with E-state index in [2.05, 4.69) is 29.4 Å². The van der Waals surface area contributed by atoms with Gasteiger partial charge in [0.2, 0.25) is 0 Å². The van der Waals surface area contributed by atoms with Crippen LogP contribution in [0.25, 0.3) is 10.6 Å². The van der Waals surface area contributed by atoms with Gasteiger partial charge in [0.15, 0.2) is 0 Å². The molecule has 2 aromatic carbocycles. The fourth-order valence-electron chi connectivity index (χ4n) is 2.53. The first-order chi connectivity index (χ1) is 11.7. The summed E-state index contributed by atoms with van der Waals surface area (Å²) >= 11 is 1.43. The van der Waals surface area contributed by atoms with Crippen LogP contribution < -0.4 is 5.32 Å². The molecular formula is C20H20N2OS. The third-order valence-corrected chi connectivity index (χ3v) is 5.03. The van der Waals surface area contributed by atoms with E-state index in [1.807, 2.05) is 48.5 Å². The lowest BCUT2D eigenvalue weighted by atomic mass is 9.98. The predicted octanol–water partition coefficient (Wildman–Crippen LogP) is 4.73. The molecule has 3 rings (SSSR count). The molecule has 0 fully saturated rings. The smallest absolute Gasteiger partial charge is 0.263 e. The summed E-state index contributed by atoms with van der Waals surface area (Å²) in [7, 11) is 0. The Morgan fingerprint density at radius 2 is 1.75 bits per heavy atom. The zero-order chi connectivity index (χ0) is 16.8. The number of hydrogen-bond donors (Lipinski definition) is 1. The Bertz CT molecular complexity index is 784. The number of thiazole rings is 1. The quantitative estimate of drug-likeness (QED) is 0.707. The van der Waals surface area contributed by atoms with E-state index in [0.717, 1.165) is 17.0 Å². The van der Waals surface area contributed by atoms with Gasteiger partial charge in [-0.05, 0) is 17.9 Å². The third kappa shape index (κ3) is 4.09. The SMILES string of the molecule is CC(CCNC(=O)c1cnc(-c2ccccc2)s1)c1ccccc1. The molecule has 122 valence electrons. The molecule has 0 spiro atoms. The lowest BCUT2D eigenvalue weighted by Gasteiger charge is -2.11. The van der Waals surface area contributed by atoms with Crippen LogP contribution in [0.15, 0.2) is 66.9 Å². The minimum Gasteiger partial charge on any atom is -0.351 e. The van der Waals surface area contributed by atoms with Crippen molar-refractivity contribution in [1.82, 2.24) is 10.3 Å². The van der Waals surface area contributed by atoms with Crippen molar-refractivity contribution in [2.24, 2.45) is 0 Å². The van der Waals surface area contributed by atoms with Crippen LogP contribution >= 0.6 is 11.3 Å². The van der Waals surface area contributed by atoms with Crippen LogP contribution in [-0.4, -0.2) is 17.4 Å². The van der Waals surface area contributed by atoms with Crippen LogP contribution in [0.3, 0.4) is 0 Å². The van der Waals surface area contributed by atoms with Crippen molar-refractivity contribution in [2.75, 3.05) is 6.54 Å². The van der Waals surface area contributed by atoms with Crippen molar-refractivity contribution in [3.05, 3.63) is 77.3 Å². The fraction of sp³-hybridized carbons (Fsp3) is 0.200. The minimum atomic E-state index is -0.0463. The highest BCUT2D eigenvalue weighted by molar-refractivity contribution is 7.16. The number of hydrogen-bond acceptors (Lipinski definition) is 3. The van der Waals surface area contributed by atoms with E-state index in [0.29, 0.717) is 17.3 Å². The molecule has 0 aliphatic carbocycles. The summed E-state index contributed by atoms with van der Waals surface area (Å²) in [5.41, 5.74) is 2.34. The van der Waals surface area contributed by atoms with Crippen molar-refractivity contribution >= 4 is 17.2 Å². The number of aromatic nitrogens is 1. The number of rotatable bonds is 6. The van der Waals surface area contributed by atoms with Crippen molar-refractivity contribution in [3.8, 4) is 10.6 Å². The van der Waals surface area contributed by atoms with Gasteiger partial charge < -0.3 is 5.32 Å². The maximum atomic E-state index is 12.3. The number of carbonyl (C=O) groups is 1. The molecule has 0 aliphatic heterocycles. The summed E-state index contributed by atoms with van der Waals surface area (Å²) < 4.78 is 0. The Kier molecular flexibility index (Phi) is 5.39. The Hall–Kier alpha value is -2.46. The van der Waals surface area contributed by atoms with E-state index < -0.39 is 0 Å². The molecule has 24 heavy (non-hydrogen) atoms. The summed E-state index contributed by atoms with van der Waals surface area (Å²) in [5, 5.41) is 3.87. The lowest BCUT2D eigenvalue weighted by molar-refractivity contribution is 0.0956. The molecule has 3 aromatic rings. The average molecular weight is 336 g/mol. The zero-order valence-corrected chi connectivity index (χ0v) is 14.4. The summed E-state index contributed by atoms with van der Waals surface area (Å²) in [6.07, 6.45) is 2.57. The maximum absolute atomic E-state index is 12.3. The first-order valence-corrected chi connectivity index (χ1v) is 8.90. The van der Waals surface area contributed by atoms with Gasteiger partial charge in [-0.25, -0.2) is 4.98 Å². The van der Waals surface area contributed by atoms with E-state index in [9.17, 15) is 4.79 Å². The Labute approximate surface area is 146 Å². The van der Waals surface area contributed by atoms with Crippen molar-refractivity contribution < 1.29 is 4.79 Å². The van der Waals surface area contributed by atoms with Crippen LogP contribution in [0, 0.1) is 0 Å². The molecule has 0 bridgehead atoms.